The van der Waals surface area contributed by atoms with E-state index in [1.54, 1.807) is 0 Å². The van der Waals surface area contributed by atoms with Crippen molar-refractivity contribution in [3.63, 3.8) is 0 Å². The summed E-state index contributed by atoms with van der Waals surface area (Å²) in [5.41, 5.74) is 6.92. The zero-order valence-corrected chi connectivity index (χ0v) is 11.4. The van der Waals surface area contributed by atoms with E-state index in [0.717, 1.165) is 26.2 Å². The summed E-state index contributed by atoms with van der Waals surface area (Å²) in [6.07, 6.45) is 0. The molecule has 2 rings (SSSR count). The Hall–Kier alpha value is -0.320. The monoisotopic (exact) mass is 278 g/mol. The molecule has 1 aromatic carbocycles. The Morgan fingerprint density at radius 2 is 1.82 bits per heavy atom. The highest BCUT2D eigenvalue weighted by Gasteiger charge is 2.21. The van der Waals surface area contributed by atoms with Crippen molar-refractivity contribution in [3.05, 3.63) is 35.9 Å². The first-order valence-corrected chi connectivity index (χ1v) is 5.44. The summed E-state index contributed by atoms with van der Waals surface area (Å²) in [6, 6.07) is 10.6. The van der Waals surface area contributed by atoms with Gasteiger partial charge in [0.05, 0.1) is 13.2 Å². The summed E-state index contributed by atoms with van der Waals surface area (Å²) in [7, 11) is 0. The molecule has 1 aromatic rings. The Bertz CT molecular complexity index is 292. The SMILES string of the molecule is Cl.Cl.NC1CN(CCOCc2ccccc2)C1. The van der Waals surface area contributed by atoms with Crippen LogP contribution in [0.1, 0.15) is 5.56 Å². The number of likely N-dealkylation sites (tertiary alicyclic amines) is 1. The Kier molecular flexibility index (Phi) is 8.56. The molecule has 98 valence electrons. The van der Waals surface area contributed by atoms with Crippen molar-refractivity contribution >= 4 is 24.8 Å². The van der Waals surface area contributed by atoms with E-state index in [0.29, 0.717) is 12.6 Å². The molecular formula is C12H20Cl2N2O. The van der Waals surface area contributed by atoms with Gasteiger partial charge in [-0.25, -0.2) is 0 Å². The Labute approximate surface area is 115 Å². The van der Waals surface area contributed by atoms with Crippen LogP contribution in [0.2, 0.25) is 0 Å². The first kappa shape index (κ1) is 16.7. The van der Waals surface area contributed by atoms with Crippen molar-refractivity contribution in [2.45, 2.75) is 12.6 Å². The number of hydrogen-bond donors (Lipinski definition) is 1. The molecule has 0 spiro atoms. The summed E-state index contributed by atoms with van der Waals surface area (Å²) < 4.78 is 5.58. The second-order valence-electron chi connectivity index (χ2n) is 4.06. The second-order valence-corrected chi connectivity index (χ2v) is 4.06. The van der Waals surface area contributed by atoms with Crippen LogP contribution in [-0.2, 0) is 11.3 Å². The summed E-state index contributed by atoms with van der Waals surface area (Å²) in [5, 5.41) is 0. The minimum absolute atomic E-state index is 0. The molecule has 0 atom stereocenters. The summed E-state index contributed by atoms with van der Waals surface area (Å²) in [6.45, 7) is 4.55. The van der Waals surface area contributed by atoms with Gasteiger partial charge < -0.3 is 10.5 Å². The van der Waals surface area contributed by atoms with Gasteiger partial charge in [0.2, 0.25) is 0 Å². The van der Waals surface area contributed by atoms with E-state index in [9.17, 15) is 0 Å². The van der Waals surface area contributed by atoms with E-state index in [1.165, 1.54) is 5.56 Å². The highest BCUT2D eigenvalue weighted by molar-refractivity contribution is 5.85. The zero-order valence-electron chi connectivity index (χ0n) is 9.75. The van der Waals surface area contributed by atoms with E-state index < -0.39 is 0 Å². The predicted octanol–water partition coefficient (Wildman–Crippen LogP) is 1.69. The van der Waals surface area contributed by atoms with Crippen LogP contribution < -0.4 is 5.73 Å². The fraction of sp³-hybridized carbons (Fsp3) is 0.500. The number of nitrogens with two attached hydrogens (primary N) is 1. The van der Waals surface area contributed by atoms with Crippen LogP contribution in [0.3, 0.4) is 0 Å². The molecule has 1 saturated heterocycles. The van der Waals surface area contributed by atoms with Gasteiger partial charge in [-0.3, -0.25) is 4.90 Å². The molecule has 2 N–H and O–H groups in total. The van der Waals surface area contributed by atoms with Crippen molar-refractivity contribution in [3.8, 4) is 0 Å². The maximum absolute atomic E-state index is 5.68. The van der Waals surface area contributed by atoms with Gasteiger partial charge in [0.1, 0.15) is 0 Å². The molecule has 0 aromatic heterocycles. The van der Waals surface area contributed by atoms with Crippen LogP contribution in [0.15, 0.2) is 30.3 Å². The molecule has 0 saturated carbocycles. The van der Waals surface area contributed by atoms with Gasteiger partial charge in [0.25, 0.3) is 0 Å². The van der Waals surface area contributed by atoms with Gasteiger partial charge >= 0.3 is 0 Å². The third-order valence-electron chi connectivity index (χ3n) is 2.65. The van der Waals surface area contributed by atoms with Crippen LogP contribution in [0, 0.1) is 0 Å². The second kappa shape index (κ2) is 8.72. The standard InChI is InChI=1S/C12H18N2O.2ClH/c13-12-8-14(9-12)6-7-15-10-11-4-2-1-3-5-11;;/h1-5,12H,6-10,13H2;2*1H. The number of hydrogen-bond acceptors (Lipinski definition) is 3. The van der Waals surface area contributed by atoms with E-state index in [4.69, 9.17) is 10.5 Å². The fourth-order valence-electron chi connectivity index (χ4n) is 1.75. The average Bonchev–Trinajstić information content (AvgIpc) is 2.23. The molecule has 5 heteroatoms. The van der Waals surface area contributed by atoms with Crippen LogP contribution in [0.25, 0.3) is 0 Å². The lowest BCUT2D eigenvalue weighted by atomic mass is 10.1. The lowest BCUT2D eigenvalue weighted by Gasteiger charge is -2.36. The summed E-state index contributed by atoms with van der Waals surface area (Å²) in [4.78, 5) is 2.32. The molecule has 3 nitrogen and oxygen atoms in total. The molecule has 0 unspecified atom stereocenters. The smallest absolute Gasteiger partial charge is 0.0717 e. The zero-order chi connectivity index (χ0) is 10.5. The quantitative estimate of drug-likeness (QED) is 0.834. The summed E-state index contributed by atoms with van der Waals surface area (Å²) >= 11 is 0. The molecule has 1 aliphatic rings. The molecule has 1 heterocycles. The van der Waals surface area contributed by atoms with Crippen molar-refractivity contribution in [2.75, 3.05) is 26.2 Å². The first-order valence-electron chi connectivity index (χ1n) is 5.44. The molecule has 0 radical (unpaired) electrons. The summed E-state index contributed by atoms with van der Waals surface area (Å²) in [5.74, 6) is 0. The Balaban J connectivity index is 0.00000128. The van der Waals surface area contributed by atoms with Crippen LogP contribution in [0.5, 0.6) is 0 Å². The number of nitrogens with zero attached hydrogens (tertiary/aromatic N) is 1. The Morgan fingerprint density at radius 3 is 2.41 bits per heavy atom. The van der Waals surface area contributed by atoms with Gasteiger partial charge in [0, 0.05) is 25.7 Å². The number of halogens is 2. The lowest BCUT2D eigenvalue weighted by molar-refractivity contribution is 0.0634. The third-order valence-corrected chi connectivity index (χ3v) is 2.65. The largest absolute Gasteiger partial charge is 0.375 e. The minimum Gasteiger partial charge on any atom is -0.375 e. The normalized spacial score (nSPS) is 15.6. The third kappa shape index (κ3) is 5.70. The highest BCUT2D eigenvalue weighted by atomic mass is 35.5. The topological polar surface area (TPSA) is 38.5 Å². The van der Waals surface area contributed by atoms with Gasteiger partial charge in [-0.05, 0) is 5.56 Å². The van der Waals surface area contributed by atoms with Gasteiger partial charge in [-0.2, -0.15) is 0 Å². The highest BCUT2D eigenvalue weighted by Crippen LogP contribution is 2.05. The van der Waals surface area contributed by atoms with E-state index in [-0.39, 0.29) is 24.8 Å². The Morgan fingerprint density at radius 1 is 1.18 bits per heavy atom. The van der Waals surface area contributed by atoms with Crippen LogP contribution in [-0.4, -0.2) is 37.2 Å². The molecule has 17 heavy (non-hydrogen) atoms. The van der Waals surface area contributed by atoms with Crippen LogP contribution in [0.4, 0.5) is 0 Å². The van der Waals surface area contributed by atoms with Gasteiger partial charge in [0.15, 0.2) is 0 Å². The first-order chi connectivity index (χ1) is 7.34. The van der Waals surface area contributed by atoms with E-state index >= 15 is 0 Å². The van der Waals surface area contributed by atoms with E-state index in [2.05, 4.69) is 17.0 Å². The van der Waals surface area contributed by atoms with Crippen molar-refractivity contribution in [1.29, 1.82) is 0 Å². The molecular weight excluding hydrogens is 259 g/mol. The maximum atomic E-state index is 5.68. The number of rotatable bonds is 5. The molecule has 0 bridgehead atoms. The van der Waals surface area contributed by atoms with Gasteiger partial charge in [-0.15, -0.1) is 24.8 Å². The van der Waals surface area contributed by atoms with Crippen molar-refractivity contribution in [2.24, 2.45) is 5.73 Å². The van der Waals surface area contributed by atoms with Crippen molar-refractivity contribution < 1.29 is 4.74 Å². The van der Waals surface area contributed by atoms with Crippen molar-refractivity contribution in [1.82, 2.24) is 4.90 Å². The molecule has 1 aliphatic heterocycles. The van der Waals surface area contributed by atoms with Gasteiger partial charge in [-0.1, -0.05) is 30.3 Å². The molecule has 1 fully saturated rings. The average molecular weight is 279 g/mol. The number of ether oxygens (including phenoxy) is 1. The predicted molar refractivity (Wildman–Crippen MR) is 75.0 cm³/mol. The molecule has 0 aliphatic carbocycles. The lowest BCUT2D eigenvalue weighted by Crippen LogP contribution is -2.56. The maximum Gasteiger partial charge on any atom is 0.0717 e. The molecule has 0 amide bonds. The minimum atomic E-state index is 0. The fourth-order valence-corrected chi connectivity index (χ4v) is 1.75. The van der Waals surface area contributed by atoms with Crippen LogP contribution >= 0.6 is 24.8 Å². The van der Waals surface area contributed by atoms with E-state index in [1.807, 2.05) is 18.2 Å². The number of benzene rings is 1.